The summed E-state index contributed by atoms with van der Waals surface area (Å²) in [5.41, 5.74) is 1.20. The summed E-state index contributed by atoms with van der Waals surface area (Å²) < 4.78 is 33.9. The maximum absolute atomic E-state index is 13.3. The van der Waals surface area contributed by atoms with Gasteiger partial charge in [-0.25, -0.2) is 8.42 Å². The van der Waals surface area contributed by atoms with Crippen LogP contribution in [0.15, 0.2) is 54.6 Å². The zero-order valence-corrected chi connectivity index (χ0v) is 18.1. The molecule has 0 unspecified atom stereocenters. The smallest absolute Gasteiger partial charge is 0.265 e. The Morgan fingerprint density at radius 1 is 1.03 bits per heavy atom. The van der Waals surface area contributed by atoms with Gasteiger partial charge in [0.15, 0.2) is 6.10 Å². The number of carbonyl (C=O) groups is 1. The standard InChI is InChI=1S/C23H28N2O4S/c1-24(19-12-6-3-7-13-19)23(26)22-16-25(20-14-8-9-15-21(20)29-22)30(27,28)17-18-10-4-2-5-11-18/h2,4-5,8-11,14-15,19,22H,3,6-7,12-13,16-17H2,1H3/t22-/m0/s1. The first-order chi connectivity index (χ1) is 14.5. The molecule has 0 bridgehead atoms. The van der Waals surface area contributed by atoms with Crippen molar-refractivity contribution in [3.63, 3.8) is 0 Å². The van der Waals surface area contributed by atoms with E-state index in [0.29, 0.717) is 17.0 Å². The van der Waals surface area contributed by atoms with Gasteiger partial charge in [0.1, 0.15) is 5.75 Å². The SMILES string of the molecule is CN(C(=O)[C@@H]1CN(S(=O)(=O)Cc2ccccc2)c2ccccc2O1)C1CCCCC1. The van der Waals surface area contributed by atoms with Crippen LogP contribution in [0.4, 0.5) is 5.69 Å². The second-order valence-electron chi connectivity index (χ2n) is 8.09. The van der Waals surface area contributed by atoms with Crippen LogP contribution in [-0.4, -0.2) is 45.0 Å². The average molecular weight is 429 g/mol. The number of anilines is 1. The summed E-state index contributed by atoms with van der Waals surface area (Å²) in [5.74, 6) is 0.147. The summed E-state index contributed by atoms with van der Waals surface area (Å²) >= 11 is 0. The fourth-order valence-corrected chi connectivity index (χ4v) is 5.91. The van der Waals surface area contributed by atoms with E-state index in [-0.39, 0.29) is 24.2 Å². The van der Waals surface area contributed by atoms with Gasteiger partial charge in [-0.05, 0) is 30.5 Å². The molecule has 1 amide bonds. The van der Waals surface area contributed by atoms with Gasteiger partial charge in [0, 0.05) is 13.1 Å². The van der Waals surface area contributed by atoms with Gasteiger partial charge in [-0.2, -0.15) is 0 Å². The molecule has 6 nitrogen and oxygen atoms in total. The summed E-state index contributed by atoms with van der Waals surface area (Å²) in [4.78, 5) is 15.0. The molecule has 1 heterocycles. The molecule has 2 aliphatic rings. The van der Waals surface area contributed by atoms with Crippen molar-refractivity contribution in [1.29, 1.82) is 0 Å². The van der Waals surface area contributed by atoms with E-state index in [9.17, 15) is 13.2 Å². The zero-order valence-electron chi connectivity index (χ0n) is 17.2. The number of nitrogens with zero attached hydrogens (tertiary/aromatic N) is 2. The number of amides is 1. The molecular formula is C23H28N2O4S. The maximum Gasteiger partial charge on any atom is 0.265 e. The Hall–Kier alpha value is -2.54. The lowest BCUT2D eigenvalue weighted by molar-refractivity contribution is -0.139. The number of rotatable bonds is 5. The van der Waals surface area contributed by atoms with Crippen LogP contribution in [0.5, 0.6) is 5.75 Å². The summed E-state index contributed by atoms with van der Waals surface area (Å²) in [7, 11) is -1.87. The fraction of sp³-hybridized carbons (Fsp3) is 0.435. The molecule has 0 saturated heterocycles. The van der Waals surface area contributed by atoms with Crippen molar-refractivity contribution in [2.24, 2.45) is 0 Å². The van der Waals surface area contributed by atoms with Crippen molar-refractivity contribution >= 4 is 21.6 Å². The fourth-order valence-electron chi connectivity index (χ4n) is 4.33. The summed E-state index contributed by atoms with van der Waals surface area (Å²) in [6, 6.07) is 16.3. The molecule has 7 heteroatoms. The lowest BCUT2D eigenvalue weighted by Crippen LogP contribution is -2.53. The van der Waals surface area contributed by atoms with E-state index in [1.54, 1.807) is 41.3 Å². The molecule has 0 radical (unpaired) electrons. The zero-order chi connectivity index (χ0) is 21.1. The average Bonchev–Trinajstić information content (AvgIpc) is 2.78. The molecule has 30 heavy (non-hydrogen) atoms. The van der Waals surface area contributed by atoms with Crippen LogP contribution in [0, 0.1) is 0 Å². The Bertz CT molecular complexity index is 987. The highest BCUT2D eigenvalue weighted by Gasteiger charge is 2.39. The minimum atomic E-state index is -3.68. The highest BCUT2D eigenvalue weighted by Crippen LogP contribution is 2.36. The van der Waals surface area contributed by atoms with E-state index in [2.05, 4.69) is 0 Å². The third-order valence-electron chi connectivity index (χ3n) is 6.01. The van der Waals surface area contributed by atoms with Crippen LogP contribution in [0.1, 0.15) is 37.7 Å². The number of para-hydroxylation sites is 2. The highest BCUT2D eigenvalue weighted by molar-refractivity contribution is 7.92. The molecule has 2 aromatic rings. The molecule has 1 saturated carbocycles. The predicted octanol–water partition coefficient (Wildman–Crippen LogP) is 3.58. The minimum absolute atomic E-state index is 0.0118. The number of likely N-dealkylation sites (N-methyl/N-ethyl adjacent to an activating group) is 1. The first-order valence-electron chi connectivity index (χ1n) is 10.5. The number of benzene rings is 2. The van der Waals surface area contributed by atoms with Crippen molar-refractivity contribution in [2.45, 2.75) is 50.0 Å². The van der Waals surface area contributed by atoms with Gasteiger partial charge < -0.3 is 9.64 Å². The second-order valence-corrected chi connectivity index (χ2v) is 9.98. The van der Waals surface area contributed by atoms with Crippen molar-refractivity contribution in [2.75, 3.05) is 17.9 Å². The predicted molar refractivity (Wildman–Crippen MR) is 117 cm³/mol. The van der Waals surface area contributed by atoms with Crippen LogP contribution < -0.4 is 9.04 Å². The van der Waals surface area contributed by atoms with E-state index in [1.807, 2.05) is 25.2 Å². The van der Waals surface area contributed by atoms with Crippen LogP contribution in [0.25, 0.3) is 0 Å². The number of hydrogen-bond acceptors (Lipinski definition) is 4. The Balaban J connectivity index is 1.60. The molecule has 1 atom stereocenters. The molecule has 160 valence electrons. The van der Waals surface area contributed by atoms with Crippen molar-refractivity contribution < 1.29 is 17.9 Å². The Morgan fingerprint density at radius 2 is 1.70 bits per heavy atom. The molecule has 1 fully saturated rings. The first-order valence-corrected chi connectivity index (χ1v) is 12.1. The maximum atomic E-state index is 13.3. The molecular weight excluding hydrogens is 400 g/mol. The number of sulfonamides is 1. The van der Waals surface area contributed by atoms with Crippen LogP contribution in [0.3, 0.4) is 0 Å². The molecule has 2 aromatic carbocycles. The van der Waals surface area contributed by atoms with Gasteiger partial charge in [0.25, 0.3) is 5.91 Å². The Kier molecular flexibility index (Phi) is 5.99. The summed E-state index contributed by atoms with van der Waals surface area (Å²) in [5, 5.41) is 0. The minimum Gasteiger partial charge on any atom is -0.476 e. The Labute approximate surface area is 178 Å². The van der Waals surface area contributed by atoms with Crippen molar-refractivity contribution in [1.82, 2.24) is 4.90 Å². The van der Waals surface area contributed by atoms with Crippen LogP contribution in [-0.2, 0) is 20.6 Å². The van der Waals surface area contributed by atoms with E-state index >= 15 is 0 Å². The molecule has 4 rings (SSSR count). The lowest BCUT2D eigenvalue weighted by atomic mass is 9.94. The van der Waals surface area contributed by atoms with Gasteiger partial charge in [-0.3, -0.25) is 9.10 Å². The third-order valence-corrected chi connectivity index (χ3v) is 7.72. The highest BCUT2D eigenvalue weighted by atomic mass is 32.2. The Morgan fingerprint density at radius 3 is 2.43 bits per heavy atom. The van der Waals surface area contributed by atoms with Gasteiger partial charge in [-0.1, -0.05) is 61.7 Å². The quantitative estimate of drug-likeness (QED) is 0.730. The second kappa shape index (κ2) is 8.68. The van der Waals surface area contributed by atoms with Crippen molar-refractivity contribution in [3.8, 4) is 5.75 Å². The summed E-state index contributed by atoms with van der Waals surface area (Å²) in [6.07, 6.45) is 4.57. The molecule has 0 spiro atoms. The number of fused-ring (bicyclic) bond motifs is 1. The topological polar surface area (TPSA) is 66.9 Å². The van der Waals surface area contributed by atoms with E-state index in [1.165, 1.54) is 10.7 Å². The molecule has 0 aromatic heterocycles. The monoisotopic (exact) mass is 428 g/mol. The van der Waals surface area contributed by atoms with Crippen molar-refractivity contribution in [3.05, 3.63) is 60.2 Å². The number of hydrogen-bond donors (Lipinski definition) is 0. The van der Waals surface area contributed by atoms with Crippen LogP contribution in [0.2, 0.25) is 0 Å². The first kappa shape index (κ1) is 20.7. The van der Waals surface area contributed by atoms with Gasteiger partial charge in [0.2, 0.25) is 10.0 Å². The van der Waals surface area contributed by atoms with E-state index in [0.717, 1.165) is 25.7 Å². The van der Waals surface area contributed by atoms with Crippen LogP contribution >= 0.6 is 0 Å². The number of carbonyl (C=O) groups excluding carboxylic acids is 1. The summed E-state index contributed by atoms with van der Waals surface area (Å²) in [6.45, 7) is -0.0118. The largest absolute Gasteiger partial charge is 0.476 e. The normalized spacial score (nSPS) is 19.6. The number of ether oxygens (including phenoxy) is 1. The molecule has 1 aliphatic carbocycles. The van der Waals surface area contributed by atoms with E-state index < -0.39 is 16.1 Å². The van der Waals surface area contributed by atoms with Gasteiger partial charge >= 0.3 is 0 Å². The van der Waals surface area contributed by atoms with Gasteiger partial charge in [-0.15, -0.1) is 0 Å². The van der Waals surface area contributed by atoms with E-state index in [4.69, 9.17) is 4.74 Å². The molecule has 0 N–H and O–H groups in total. The lowest BCUT2D eigenvalue weighted by Gasteiger charge is -2.38. The molecule has 1 aliphatic heterocycles. The third kappa shape index (κ3) is 4.31. The van der Waals surface area contributed by atoms with Gasteiger partial charge in [0.05, 0.1) is 18.0 Å².